The van der Waals surface area contributed by atoms with Gasteiger partial charge in [0.05, 0.1) is 11.0 Å². The second-order valence-corrected chi connectivity index (χ2v) is 16.5. The highest BCUT2D eigenvalue weighted by atomic mass is 16.3. The molecule has 0 fully saturated rings. The van der Waals surface area contributed by atoms with E-state index in [9.17, 15) is 0 Å². The van der Waals surface area contributed by atoms with Gasteiger partial charge in [0, 0.05) is 60.8 Å². The van der Waals surface area contributed by atoms with Crippen molar-refractivity contribution in [2.45, 2.75) is 0 Å². The van der Waals surface area contributed by atoms with Crippen molar-refractivity contribution >= 4 is 132 Å². The van der Waals surface area contributed by atoms with Crippen LogP contribution in [0.2, 0.25) is 0 Å². The number of furan rings is 2. The zero-order valence-electron chi connectivity index (χ0n) is 35.0. The summed E-state index contributed by atoms with van der Waals surface area (Å²) in [4.78, 5) is 15.8. The first-order valence-corrected chi connectivity index (χ1v) is 21.1. The minimum atomic E-state index is 0.576. The van der Waals surface area contributed by atoms with Crippen LogP contribution in [0, 0.1) is 0 Å². The van der Waals surface area contributed by atoms with Gasteiger partial charge >= 0.3 is 0 Å². The van der Waals surface area contributed by atoms with Crippen LogP contribution in [0.25, 0.3) is 117 Å². The van der Waals surface area contributed by atoms with Crippen molar-refractivity contribution in [1.82, 2.24) is 19.5 Å². The van der Waals surface area contributed by atoms with Gasteiger partial charge in [-0.25, -0.2) is 15.0 Å². The predicted molar refractivity (Wildman–Crippen MR) is 271 cm³/mol. The molecule has 4 heterocycles. The molecule has 0 saturated carbocycles. The first-order chi connectivity index (χ1) is 30.3. The van der Waals surface area contributed by atoms with E-state index in [-0.39, 0.29) is 0 Å². The topological polar surface area (TPSA) is 69.9 Å². The summed E-state index contributed by atoms with van der Waals surface area (Å²) in [6, 6.07) is 53.0. The molecule has 8 aromatic carbocycles. The molecule has 0 aliphatic heterocycles. The van der Waals surface area contributed by atoms with E-state index in [2.05, 4.69) is 165 Å². The fourth-order valence-electron chi connectivity index (χ4n) is 9.64. The van der Waals surface area contributed by atoms with E-state index in [1.54, 1.807) is 0 Å². The Morgan fingerprint density at radius 3 is 1.79 bits per heavy atom. The molecule has 12 aromatic rings. The minimum Gasteiger partial charge on any atom is -0.456 e. The summed E-state index contributed by atoms with van der Waals surface area (Å²) < 4.78 is 15.5. The molecule has 4 aromatic heterocycles. The molecule has 0 radical (unpaired) electrons. The van der Waals surface area contributed by atoms with Crippen LogP contribution in [0.4, 0.5) is 0 Å². The first kappa shape index (κ1) is 36.4. The van der Waals surface area contributed by atoms with Crippen LogP contribution in [0.1, 0.15) is 0 Å². The van der Waals surface area contributed by atoms with Crippen LogP contribution in [0.15, 0.2) is 160 Å². The van der Waals surface area contributed by atoms with Gasteiger partial charge in [-0.05, 0) is 59.7 Å². The molecule has 0 amide bonds. The zero-order valence-corrected chi connectivity index (χ0v) is 35.0. The Morgan fingerprint density at radius 2 is 0.968 bits per heavy atom. The average Bonchev–Trinajstić information content (AvgIpc) is 3.99. The van der Waals surface area contributed by atoms with E-state index >= 15 is 0 Å². The molecular weight excluding hydrogens is 755 g/mol. The molecule has 286 valence electrons. The Labute approximate surface area is 361 Å². The smallest absolute Gasteiger partial charge is 0.164 e. The van der Waals surface area contributed by atoms with Gasteiger partial charge in [0.25, 0.3) is 0 Å². The summed E-state index contributed by atoms with van der Waals surface area (Å²) in [6.45, 7) is 0. The standard InChI is InChI=1S/C51H35B5N4O2/c52-44-43(45(53)47(55)48(56)46(44)54)51-58-49(57-50(59-51)35-13-8-16-39-42(35)34-12-5-7-15-38(34)61-39)28-18-21-32-33-22-19-29(25-41(33)62-40(32)24-28)60-36-14-6-4-11-30(36)31-20-17-27(23-37(31)60)26-9-2-1-3-10-26/h1-25H,52-56H2. The fraction of sp³-hybridized carbons (Fsp3) is 0. The number of benzene rings is 8. The molecule has 0 bridgehead atoms. The van der Waals surface area contributed by atoms with Crippen LogP contribution in [-0.2, 0) is 0 Å². The highest BCUT2D eigenvalue weighted by Crippen LogP contribution is 2.39. The quantitative estimate of drug-likeness (QED) is 0.236. The third-order valence-electron chi connectivity index (χ3n) is 13.3. The summed E-state index contributed by atoms with van der Waals surface area (Å²) >= 11 is 0. The Hall–Kier alpha value is -7.51. The SMILES string of the molecule is Bc1c(B)c(B)c(-c2nc(-c3ccc4c(c3)oc3cc(-n5c6ccccc6c6ccc(-c7ccccc7)cc65)ccc34)nc(-c3cccc4oc5ccccc5c34)n2)c(B)c1B. The van der Waals surface area contributed by atoms with Crippen LogP contribution in [0.5, 0.6) is 0 Å². The Balaban J connectivity index is 1.04. The lowest BCUT2D eigenvalue weighted by molar-refractivity contribution is 0.668. The Bertz CT molecular complexity index is 3810. The Morgan fingerprint density at radius 1 is 0.371 bits per heavy atom. The van der Waals surface area contributed by atoms with Crippen LogP contribution < -0.4 is 27.3 Å². The minimum absolute atomic E-state index is 0.576. The van der Waals surface area contributed by atoms with Gasteiger partial charge in [0.15, 0.2) is 17.5 Å². The van der Waals surface area contributed by atoms with Gasteiger partial charge < -0.3 is 13.4 Å². The maximum atomic E-state index is 6.78. The maximum absolute atomic E-state index is 6.78. The summed E-state index contributed by atoms with van der Waals surface area (Å²) in [5.41, 5.74) is 17.8. The lowest BCUT2D eigenvalue weighted by atomic mass is 9.60. The number of para-hydroxylation sites is 2. The third kappa shape index (κ3) is 5.47. The molecule has 0 atom stereocenters. The first-order valence-electron chi connectivity index (χ1n) is 21.1. The molecule has 0 aliphatic carbocycles. The third-order valence-corrected chi connectivity index (χ3v) is 13.3. The Kier molecular flexibility index (Phi) is 8.07. The van der Waals surface area contributed by atoms with Crippen LogP contribution >= 0.6 is 0 Å². The molecule has 0 aliphatic rings. The molecule has 12 rings (SSSR count). The van der Waals surface area contributed by atoms with E-state index < -0.39 is 0 Å². The average molecular weight is 790 g/mol. The van der Waals surface area contributed by atoms with Crippen molar-refractivity contribution < 1.29 is 8.83 Å². The van der Waals surface area contributed by atoms with Crippen molar-refractivity contribution in [3.63, 3.8) is 0 Å². The number of hydrogen-bond acceptors (Lipinski definition) is 5. The molecular formula is C51H35B5N4O2. The summed E-state index contributed by atoms with van der Waals surface area (Å²) in [5.74, 6) is 1.81. The van der Waals surface area contributed by atoms with Crippen LogP contribution in [0.3, 0.4) is 0 Å². The van der Waals surface area contributed by atoms with Gasteiger partial charge in [-0.3, -0.25) is 0 Å². The van der Waals surface area contributed by atoms with E-state index in [0.29, 0.717) is 17.5 Å². The van der Waals surface area contributed by atoms with Gasteiger partial charge in [0.2, 0.25) is 0 Å². The second-order valence-electron chi connectivity index (χ2n) is 16.5. The summed E-state index contributed by atoms with van der Waals surface area (Å²) in [6.07, 6.45) is 0. The van der Waals surface area contributed by atoms with Gasteiger partial charge in [-0.2, -0.15) is 0 Å². The molecule has 6 nitrogen and oxygen atoms in total. The summed E-state index contributed by atoms with van der Waals surface area (Å²) in [7, 11) is 10.9. The van der Waals surface area contributed by atoms with Gasteiger partial charge in [0.1, 0.15) is 61.6 Å². The van der Waals surface area contributed by atoms with E-state index in [1.165, 1.54) is 49.2 Å². The molecule has 0 saturated heterocycles. The normalized spacial score (nSPS) is 11.9. The van der Waals surface area contributed by atoms with Gasteiger partial charge in [-0.15, -0.1) is 16.4 Å². The van der Waals surface area contributed by atoms with Crippen molar-refractivity contribution in [3.8, 4) is 51.0 Å². The molecule has 11 heteroatoms. The predicted octanol–water partition coefficient (Wildman–Crippen LogP) is 4.73. The fourth-order valence-corrected chi connectivity index (χ4v) is 9.64. The second kappa shape index (κ2) is 13.8. The molecule has 0 N–H and O–H groups in total. The maximum Gasteiger partial charge on any atom is 0.164 e. The van der Waals surface area contributed by atoms with E-state index in [1.807, 2.05) is 30.3 Å². The largest absolute Gasteiger partial charge is 0.456 e. The monoisotopic (exact) mass is 790 g/mol. The molecule has 0 unspecified atom stereocenters. The molecule has 62 heavy (non-hydrogen) atoms. The zero-order chi connectivity index (χ0) is 41.8. The van der Waals surface area contributed by atoms with Crippen molar-refractivity contribution in [2.24, 2.45) is 0 Å². The lowest BCUT2D eigenvalue weighted by Gasteiger charge is -2.20. The highest BCUT2D eigenvalue weighted by Gasteiger charge is 2.22. The van der Waals surface area contributed by atoms with E-state index in [0.717, 1.165) is 77.3 Å². The number of aromatic nitrogens is 4. The number of hydrogen-bond donors (Lipinski definition) is 0. The number of fused-ring (bicyclic) bond motifs is 9. The lowest BCUT2D eigenvalue weighted by Crippen LogP contribution is -2.55. The number of nitrogens with zero attached hydrogens (tertiary/aromatic N) is 4. The van der Waals surface area contributed by atoms with Gasteiger partial charge in [-0.1, -0.05) is 108 Å². The van der Waals surface area contributed by atoms with Crippen LogP contribution in [-0.4, -0.2) is 58.8 Å². The van der Waals surface area contributed by atoms with Crippen molar-refractivity contribution in [1.29, 1.82) is 0 Å². The van der Waals surface area contributed by atoms with E-state index in [4.69, 9.17) is 23.8 Å². The highest BCUT2D eigenvalue weighted by molar-refractivity contribution is 6.68. The van der Waals surface area contributed by atoms with Crippen molar-refractivity contribution in [3.05, 3.63) is 152 Å². The number of rotatable bonds is 5. The summed E-state index contributed by atoms with van der Waals surface area (Å²) in [5, 5.41) is 6.52. The van der Waals surface area contributed by atoms with Crippen molar-refractivity contribution in [2.75, 3.05) is 0 Å². The molecule has 0 spiro atoms.